The van der Waals surface area contributed by atoms with Gasteiger partial charge in [-0.05, 0) is 68.1 Å². The molecular weight excluding hydrogens is 354 g/mol. The van der Waals surface area contributed by atoms with Gasteiger partial charge in [-0.25, -0.2) is 4.79 Å². The summed E-state index contributed by atoms with van der Waals surface area (Å²) in [6.07, 6.45) is -0.0446. The van der Waals surface area contributed by atoms with Crippen molar-refractivity contribution < 1.29 is 14.3 Å². The van der Waals surface area contributed by atoms with Crippen LogP contribution in [0, 0.1) is 0 Å². The average molecular weight is 381 g/mol. The van der Waals surface area contributed by atoms with E-state index in [0.29, 0.717) is 12.1 Å². The van der Waals surface area contributed by atoms with E-state index in [2.05, 4.69) is 5.32 Å². The van der Waals surface area contributed by atoms with E-state index < -0.39 is 6.09 Å². The number of alkyl carbamates (subject to hydrolysis) is 1. The van der Waals surface area contributed by atoms with Crippen LogP contribution in [0.15, 0.2) is 42.5 Å². The minimum Gasteiger partial charge on any atom is -0.447 e. The Labute approximate surface area is 165 Å². The molecule has 0 aromatic heterocycles. The summed E-state index contributed by atoms with van der Waals surface area (Å²) < 4.78 is 5.26. The molecule has 28 heavy (non-hydrogen) atoms. The number of anilines is 2. The number of nitrogen functional groups attached to an aromatic ring is 1. The Morgan fingerprint density at radius 1 is 1.18 bits per heavy atom. The number of carbonyl (C=O) groups is 2. The van der Waals surface area contributed by atoms with Gasteiger partial charge in [-0.15, -0.1) is 0 Å². The van der Waals surface area contributed by atoms with Crippen LogP contribution in [0.1, 0.15) is 45.7 Å². The van der Waals surface area contributed by atoms with Gasteiger partial charge < -0.3 is 20.7 Å². The zero-order chi connectivity index (χ0) is 20.4. The number of benzene rings is 2. The molecule has 2 aromatic carbocycles. The number of carbonyl (C=O) groups excluding carboxylic acids is 2. The van der Waals surface area contributed by atoms with Gasteiger partial charge >= 0.3 is 6.09 Å². The third-order valence-electron chi connectivity index (χ3n) is 4.87. The summed E-state index contributed by atoms with van der Waals surface area (Å²) in [5.41, 5.74) is 10.3. The number of hydrogen-bond donors (Lipinski definition) is 2. The Kier molecular flexibility index (Phi) is 5.58. The van der Waals surface area contributed by atoms with Gasteiger partial charge in [0.25, 0.3) is 0 Å². The highest BCUT2D eigenvalue weighted by atomic mass is 16.6. The van der Waals surface area contributed by atoms with Gasteiger partial charge in [-0.3, -0.25) is 4.79 Å². The minimum absolute atomic E-state index is 0.0198. The van der Waals surface area contributed by atoms with Crippen LogP contribution in [-0.4, -0.2) is 24.1 Å². The Morgan fingerprint density at radius 2 is 1.89 bits per heavy atom. The first-order chi connectivity index (χ1) is 13.3. The molecule has 2 atom stereocenters. The molecule has 3 rings (SSSR count). The van der Waals surface area contributed by atoms with E-state index >= 15 is 0 Å². The first-order valence-corrected chi connectivity index (χ1v) is 9.53. The van der Waals surface area contributed by atoms with Gasteiger partial charge in [-0.2, -0.15) is 0 Å². The van der Waals surface area contributed by atoms with Crippen LogP contribution in [0.3, 0.4) is 0 Å². The zero-order valence-electron chi connectivity index (χ0n) is 16.7. The zero-order valence-corrected chi connectivity index (χ0v) is 16.7. The monoisotopic (exact) mass is 381 g/mol. The van der Waals surface area contributed by atoms with Crippen LogP contribution in [0.4, 0.5) is 16.2 Å². The number of rotatable bonds is 3. The number of fused-ring (bicyclic) bond motifs is 1. The molecule has 0 radical (unpaired) electrons. The van der Waals surface area contributed by atoms with Crippen molar-refractivity contribution in [3.63, 3.8) is 0 Å². The van der Waals surface area contributed by atoms with Crippen molar-refractivity contribution in [1.29, 1.82) is 0 Å². The topological polar surface area (TPSA) is 84.7 Å². The van der Waals surface area contributed by atoms with E-state index in [1.807, 2.05) is 63.2 Å². The van der Waals surface area contributed by atoms with Crippen LogP contribution in [0.25, 0.3) is 11.1 Å². The summed E-state index contributed by atoms with van der Waals surface area (Å²) >= 11 is 0. The maximum absolute atomic E-state index is 12.2. The molecule has 1 aliphatic rings. The molecule has 0 bridgehead atoms. The summed E-state index contributed by atoms with van der Waals surface area (Å²) in [4.78, 5) is 26.2. The highest BCUT2D eigenvalue weighted by molar-refractivity contribution is 5.94. The van der Waals surface area contributed by atoms with Crippen molar-refractivity contribution >= 4 is 23.4 Å². The highest BCUT2D eigenvalue weighted by Crippen LogP contribution is 2.39. The summed E-state index contributed by atoms with van der Waals surface area (Å²) in [6.45, 7) is 7.17. The molecule has 0 spiro atoms. The number of amides is 2. The van der Waals surface area contributed by atoms with Crippen LogP contribution in [0.5, 0.6) is 0 Å². The Hall–Kier alpha value is -3.02. The lowest BCUT2D eigenvalue weighted by Gasteiger charge is -2.39. The van der Waals surface area contributed by atoms with Gasteiger partial charge in [-0.1, -0.05) is 18.2 Å². The molecule has 6 heteroatoms. The number of nitrogens with one attached hydrogen (secondary N) is 1. The summed E-state index contributed by atoms with van der Waals surface area (Å²) in [6, 6.07) is 13.3. The van der Waals surface area contributed by atoms with E-state index in [-0.39, 0.29) is 24.1 Å². The number of nitrogens with zero attached hydrogens (tertiary/aromatic N) is 1. The van der Waals surface area contributed by atoms with Crippen molar-refractivity contribution in [1.82, 2.24) is 5.32 Å². The fourth-order valence-corrected chi connectivity index (χ4v) is 3.77. The fraction of sp³-hybridized carbons (Fsp3) is 0.364. The fourth-order valence-electron chi connectivity index (χ4n) is 3.77. The van der Waals surface area contributed by atoms with Gasteiger partial charge in [0, 0.05) is 24.3 Å². The molecule has 3 N–H and O–H groups in total. The second-order valence-corrected chi connectivity index (χ2v) is 7.52. The van der Waals surface area contributed by atoms with E-state index in [4.69, 9.17) is 10.5 Å². The lowest BCUT2D eigenvalue weighted by molar-refractivity contribution is -0.117. The van der Waals surface area contributed by atoms with E-state index in [9.17, 15) is 9.59 Å². The molecule has 0 fully saturated rings. The van der Waals surface area contributed by atoms with Crippen molar-refractivity contribution in [2.45, 2.75) is 52.3 Å². The summed E-state index contributed by atoms with van der Waals surface area (Å²) in [7, 11) is 0. The standard InChI is InChI=1S/C22H27N3O3/c1-13(2)28-22(27)24-20-10-14(3)25(15(4)26)21-9-8-17(12-19(20)21)16-6-5-7-18(23)11-16/h5-9,11-14,20H,10,23H2,1-4H3,(H,24,27). The van der Waals surface area contributed by atoms with Crippen LogP contribution in [-0.2, 0) is 9.53 Å². The molecular formula is C22H27N3O3. The molecule has 2 unspecified atom stereocenters. The average Bonchev–Trinajstić information content (AvgIpc) is 2.60. The second kappa shape index (κ2) is 7.92. The van der Waals surface area contributed by atoms with Crippen molar-refractivity contribution in [3.8, 4) is 11.1 Å². The second-order valence-electron chi connectivity index (χ2n) is 7.52. The summed E-state index contributed by atoms with van der Waals surface area (Å²) in [5.74, 6) is -0.0198. The molecule has 2 aromatic rings. The highest BCUT2D eigenvalue weighted by Gasteiger charge is 2.33. The number of hydrogen-bond acceptors (Lipinski definition) is 4. The van der Waals surface area contributed by atoms with E-state index in [1.165, 1.54) is 0 Å². The maximum atomic E-state index is 12.2. The largest absolute Gasteiger partial charge is 0.447 e. The van der Waals surface area contributed by atoms with Crippen molar-refractivity contribution in [3.05, 3.63) is 48.0 Å². The molecule has 148 valence electrons. The minimum atomic E-state index is -0.455. The molecule has 0 saturated heterocycles. The third kappa shape index (κ3) is 4.11. The molecule has 0 aliphatic carbocycles. The molecule has 0 saturated carbocycles. The Balaban J connectivity index is 2.03. The molecule has 2 amide bonds. The predicted octanol–water partition coefficient (Wildman–Crippen LogP) is 4.26. The van der Waals surface area contributed by atoms with Crippen molar-refractivity contribution in [2.75, 3.05) is 10.6 Å². The van der Waals surface area contributed by atoms with Gasteiger partial charge in [0.2, 0.25) is 5.91 Å². The van der Waals surface area contributed by atoms with Crippen LogP contribution < -0.4 is 16.0 Å². The van der Waals surface area contributed by atoms with Crippen LogP contribution >= 0.6 is 0 Å². The first-order valence-electron chi connectivity index (χ1n) is 9.53. The Morgan fingerprint density at radius 3 is 2.54 bits per heavy atom. The first kappa shape index (κ1) is 19.7. The maximum Gasteiger partial charge on any atom is 0.407 e. The smallest absolute Gasteiger partial charge is 0.407 e. The molecule has 6 nitrogen and oxygen atoms in total. The molecule has 1 heterocycles. The number of ether oxygens (including phenoxy) is 1. The van der Waals surface area contributed by atoms with Crippen molar-refractivity contribution in [2.24, 2.45) is 0 Å². The lowest BCUT2D eigenvalue weighted by atomic mass is 9.89. The SMILES string of the molecule is CC(=O)N1c2ccc(-c3cccc(N)c3)cc2C(NC(=O)OC(C)C)CC1C. The van der Waals surface area contributed by atoms with Gasteiger partial charge in [0.05, 0.1) is 12.1 Å². The normalized spacial score (nSPS) is 18.5. The van der Waals surface area contributed by atoms with Gasteiger partial charge in [0.15, 0.2) is 0 Å². The summed E-state index contributed by atoms with van der Waals surface area (Å²) in [5, 5.41) is 2.96. The van der Waals surface area contributed by atoms with Gasteiger partial charge in [0.1, 0.15) is 0 Å². The third-order valence-corrected chi connectivity index (χ3v) is 4.87. The van der Waals surface area contributed by atoms with Crippen LogP contribution in [0.2, 0.25) is 0 Å². The molecule has 1 aliphatic heterocycles. The predicted molar refractivity (Wildman–Crippen MR) is 111 cm³/mol. The van der Waals surface area contributed by atoms with E-state index in [1.54, 1.807) is 11.8 Å². The number of nitrogens with two attached hydrogens (primary N) is 1. The quantitative estimate of drug-likeness (QED) is 0.778. The Bertz CT molecular complexity index is 894. The lowest BCUT2D eigenvalue weighted by Crippen LogP contribution is -2.45. The van der Waals surface area contributed by atoms with E-state index in [0.717, 1.165) is 22.4 Å².